The number of pyridine rings is 1. The molecule has 170 valence electrons. The largest absolute Gasteiger partial charge is 0.444 e. The van der Waals surface area contributed by atoms with Gasteiger partial charge in [-0.2, -0.15) is 0 Å². The predicted octanol–water partition coefficient (Wildman–Crippen LogP) is 4.73. The number of rotatable bonds is 2. The molecule has 2 N–H and O–H groups in total. The number of hydrogen-bond donors (Lipinski definition) is 2. The topological polar surface area (TPSA) is 81.4 Å². The van der Waals surface area contributed by atoms with Crippen molar-refractivity contribution in [1.82, 2.24) is 14.9 Å². The van der Waals surface area contributed by atoms with Gasteiger partial charge in [0.1, 0.15) is 11.3 Å². The van der Waals surface area contributed by atoms with Crippen molar-refractivity contribution in [3.63, 3.8) is 0 Å². The summed E-state index contributed by atoms with van der Waals surface area (Å²) < 4.78 is 5.52. The fourth-order valence-electron chi connectivity index (χ4n) is 4.49. The molecule has 0 unspecified atom stereocenters. The number of carbonyl (C=O) groups is 1. The number of amides is 1. The van der Waals surface area contributed by atoms with Crippen molar-refractivity contribution in [2.24, 2.45) is 0 Å². The van der Waals surface area contributed by atoms with Gasteiger partial charge < -0.3 is 24.5 Å². The number of hydrogen-bond acceptors (Lipinski definition) is 4. The first-order valence-electron chi connectivity index (χ1n) is 11.3. The molecule has 2 aromatic heterocycles. The third-order valence-electron chi connectivity index (χ3n) is 5.96. The average Bonchev–Trinajstić information content (AvgIpc) is 3.16. The molecule has 0 radical (unpaired) electrons. The Bertz CT molecular complexity index is 1370. The summed E-state index contributed by atoms with van der Waals surface area (Å²) in [7, 11) is 0. The summed E-state index contributed by atoms with van der Waals surface area (Å²) in [5.74, 6) is 0. The maximum absolute atomic E-state index is 13.5. The molecule has 4 aromatic rings. The van der Waals surface area contributed by atoms with Crippen LogP contribution in [0, 0.1) is 0 Å². The van der Waals surface area contributed by atoms with Crippen LogP contribution in [0.25, 0.3) is 33.1 Å². The van der Waals surface area contributed by atoms with Crippen molar-refractivity contribution < 1.29 is 9.53 Å². The van der Waals surface area contributed by atoms with E-state index in [2.05, 4.69) is 14.9 Å². The molecule has 1 saturated heterocycles. The van der Waals surface area contributed by atoms with Gasteiger partial charge >= 0.3 is 6.09 Å². The lowest BCUT2D eigenvalue weighted by molar-refractivity contribution is 0.0240. The molecule has 0 spiro atoms. The van der Waals surface area contributed by atoms with Crippen LogP contribution in [0.4, 0.5) is 10.5 Å². The van der Waals surface area contributed by atoms with Crippen LogP contribution in [0.3, 0.4) is 0 Å². The molecule has 2 aromatic carbocycles. The molecule has 7 heteroatoms. The van der Waals surface area contributed by atoms with Gasteiger partial charge in [-0.05, 0) is 32.4 Å². The van der Waals surface area contributed by atoms with Crippen LogP contribution in [-0.4, -0.2) is 52.7 Å². The number of H-pyrrole nitrogens is 2. The standard InChI is InChI=1S/C26H28N4O3/c1-26(2,3)33-25(32)30-15-13-29(14-16-30)23-20(17-9-5-4-6-10-17)22-21(28-24(23)31)18-11-7-8-12-19(18)27-22/h4-12,27H,13-16H2,1-3H3,(H,28,31). The number of nitrogens with one attached hydrogen (secondary N) is 2. The Morgan fingerprint density at radius 2 is 1.55 bits per heavy atom. The average molecular weight is 445 g/mol. The van der Waals surface area contributed by atoms with Crippen molar-refractivity contribution in [3.05, 3.63) is 65.0 Å². The summed E-state index contributed by atoms with van der Waals surface area (Å²) in [5, 5.41) is 0.989. The first-order chi connectivity index (χ1) is 15.8. The quantitative estimate of drug-likeness (QED) is 0.468. The summed E-state index contributed by atoms with van der Waals surface area (Å²) in [4.78, 5) is 36.4. The van der Waals surface area contributed by atoms with E-state index in [1.165, 1.54) is 0 Å². The van der Waals surface area contributed by atoms with E-state index in [1.54, 1.807) is 4.90 Å². The smallest absolute Gasteiger partial charge is 0.410 e. The molecule has 0 atom stereocenters. The van der Waals surface area contributed by atoms with Gasteiger partial charge in [0.05, 0.1) is 11.0 Å². The fourth-order valence-corrected chi connectivity index (χ4v) is 4.49. The Morgan fingerprint density at radius 1 is 0.879 bits per heavy atom. The molecular formula is C26H28N4O3. The van der Waals surface area contributed by atoms with Crippen LogP contribution in [0.2, 0.25) is 0 Å². The van der Waals surface area contributed by atoms with E-state index in [0.29, 0.717) is 31.9 Å². The first kappa shape index (κ1) is 21.1. The van der Waals surface area contributed by atoms with Crippen molar-refractivity contribution in [2.75, 3.05) is 31.1 Å². The van der Waals surface area contributed by atoms with Gasteiger partial charge in [0.2, 0.25) is 0 Å². The minimum Gasteiger partial charge on any atom is -0.444 e. The molecule has 0 saturated carbocycles. The van der Waals surface area contributed by atoms with E-state index >= 15 is 0 Å². The lowest BCUT2D eigenvalue weighted by atomic mass is 10.0. The molecular weight excluding hydrogens is 416 g/mol. The molecule has 3 heterocycles. The fraction of sp³-hybridized carbons (Fsp3) is 0.308. The SMILES string of the molecule is CC(C)(C)OC(=O)N1CCN(c2c(-c3ccccc3)c3[nH]c4ccccc4c3[nH]c2=O)CC1. The highest BCUT2D eigenvalue weighted by Crippen LogP contribution is 2.37. The molecule has 1 fully saturated rings. The molecule has 5 rings (SSSR count). The highest BCUT2D eigenvalue weighted by molar-refractivity contribution is 6.12. The highest BCUT2D eigenvalue weighted by Gasteiger charge is 2.29. The third kappa shape index (κ3) is 3.95. The van der Waals surface area contributed by atoms with E-state index in [0.717, 1.165) is 33.1 Å². The van der Waals surface area contributed by atoms with Crippen molar-refractivity contribution >= 4 is 33.7 Å². The minimum absolute atomic E-state index is 0.128. The van der Waals surface area contributed by atoms with Gasteiger partial charge in [0.25, 0.3) is 5.56 Å². The highest BCUT2D eigenvalue weighted by atomic mass is 16.6. The molecule has 0 bridgehead atoms. The number of aromatic amines is 2. The van der Waals surface area contributed by atoms with Crippen LogP contribution in [-0.2, 0) is 4.74 Å². The van der Waals surface area contributed by atoms with E-state index < -0.39 is 5.60 Å². The van der Waals surface area contributed by atoms with Crippen LogP contribution >= 0.6 is 0 Å². The summed E-state index contributed by atoms with van der Waals surface area (Å²) in [5.41, 5.74) is 4.53. The normalized spacial score (nSPS) is 14.8. The summed E-state index contributed by atoms with van der Waals surface area (Å²) in [6.07, 6.45) is -0.314. The lowest BCUT2D eigenvalue weighted by Crippen LogP contribution is -2.51. The molecule has 0 aliphatic carbocycles. The number of para-hydroxylation sites is 1. The zero-order valence-corrected chi connectivity index (χ0v) is 19.1. The van der Waals surface area contributed by atoms with Crippen molar-refractivity contribution in [3.8, 4) is 11.1 Å². The molecule has 33 heavy (non-hydrogen) atoms. The van der Waals surface area contributed by atoms with E-state index in [1.807, 2.05) is 75.4 Å². The third-order valence-corrected chi connectivity index (χ3v) is 5.96. The monoisotopic (exact) mass is 444 g/mol. The first-order valence-corrected chi connectivity index (χ1v) is 11.3. The molecule has 1 aliphatic heterocycles. The number of aromatic nitrogens is 2. The van der Waals surface area contributed by atoms with Crippen LogP contribution in [0.15, 0.2) is 59.4 Å². The van der Waals surface area contributed by atoms with Crippen LogP contribution in [0.1, 0.15) is 20.8 Å². The van der Waals surface area contributed by atoms with Gasteiger partial charge in [0, 0.05) is 42.6 Å². The van der Waals surface area contributed by atoms with Crippen molar-refractivity contribution in [1.29, 1.82) is 0 Å². The second-order valence-corrected chi connectivity index (χ2v) is 9.42. The van der Waals surface area contributed by atoms with Gasteiger partial charge in [-0.15, -0.1) is 0 Å². The number of nitrogens with zero attached hydrogens (tertiary/aromatic N) is 2. The molecule has 1 aliphatic rings. The Kier molecular flexibility index (Phi) is 5.12. The Balaban J connectivity index is 1.58. The number of anilines is 1. The Labute approximate surface area is 192 Å². The van der Waals surface area contributed by atoms with Crippen molar-refractivity contribution in [2.45, 2.75) is 26.4 Å². The van der Waals surface area contributed by atoms with E-state index in [9.17, 15) is 9.59 Å². The summed E-state index contributed by atoms with van der Waals surface area (Å²) in [6, 6.07) is 18.0. The maximum atomic E-state index is 13.5. The van der Waals surface area contributed by atoms with Crippen LogP contribution < -0.4 is 10.5 Å². The van der Waals surface area contributed by atoms with E-state index in [-0.39, 0.29) is 11.7 Å². The second-order valence-electron chi connectivity index (χ2n) is 9.42. The Morgan fingerprint density at radius 3 is 2.24 bits per heavy atom. The minimum atomic E-state index is -0.535. The zero-order chi connectivity index (χ0) is 23.2. The van der Waals surface area contributed by atoms with E-state index in [4.69, 9.17) is 4.74 Å². The van der Waals surface area contributed by atoms with Gasteiger partial charge in [-0.1, -0.05) is 48.5 Å². The van der Waals surface area contributed by atoms with Gasteiger partial charge in [0.15, 0.2) is 0 Å². The molecule has 7 nitrogen and oxygen atoms in total. The maximum Gasteiger partial charge on any atom is 0.410 e. The number of fused-ring (bicyclic) bond motifs is 3. The van der Waals surface area contributed by atoms with Gasteiger partial charge in [-0.3, -0.25) is 4.79 Å². The Hall–Kier alpha value is -3.74. The van der Waals surface area contributed by atoms with Crippen LogP contribution in [0.5, 0.6) is 0 Å². The number of benzene rings is 2. The zero-order valence-electron chi connectivity index (χ0n) is 19.1. The predicted molar refractivity (Wildman–Crippen MR) is 132 cm³/mol. The lowest BCUT2D eigenvalue weighted by Gasteiger charge is -2.37. The summed E-state index contributed by atoms with van der Waals surface area (Å²) >= 11 is 0. The van der Waals surface area contributed by atoms with Gasteiger partial charge in [-0.25, -0.2) is 4.79 Å². The number of carbonyl (C=O) groups excluding carboxylic acids is 1. The number of piperazine rings is 1. The second kappa shape index (κ2) is 7.99. The summed E-state index contributed by atoms with van der Waals surface area (Å²) in [6.45, 7) is 7.68. The number of ether oxygens (including phenoxy) is 1. The molecule has 1 amide bonds.